The molecule has 0 N–H and O–H groups in total. The summed E-state index contributed by atoms with van der Waals surface area (Å²) in [5.41, 5.74) is 2.29. The summed E-state index contributed by atoms with van der Waals surface area (Å²) in [6, 6.07) is 16.5. The van der Waals surface area contributed by atoms with E-state index in [0.717, 1.165) is 10.8 Å². The van der Waals surface area contributed by atoms with E-state index in [9.17, 15) is 0 Å². The molecule has 0 unspecified atom stereocenters. The Hall–Kier alpha value is -1.87. The molecule has 2 nitrogen and oxygen atoms in total. The molecule has 17 heavy (non-hydrogen) atoms. The Labute approximate surface area is 104 Å². The molecule has 0 radical (unpaired) electrons. The molecule has 3 rings (SSSR count). The lowest BCUT2D eigenvalue weighted by Crippen LogP contribution is -2.20. The molecule has 0 saturated carbocycles. The topological polar surface area (TPSA) is 13.3 Å². The minimum absolute atomic E-state index is 0.947. The average Bonchev–Trinajstić information content (AvgIpc) is 2.78. The Bertz CT molecular complexity index is 646. The van der Waals surface area contributed by atoms with Crippen molar-refractivity contribution in [2.45, 2.75) is 0 Å². The highest BCUT2D eigenvalue weighted by molar-refractivity contribution is 7.19. The van der Waals surface area contributed by atoms with E-state index in [-0.39, 0.29) is 0 Å². The number of hydrogen-bond acceptors (Lipinski definition) is 2. The fourth-order valence-corrected chi connectivity index (χ4v) is 2.91. The number of benzene rings is 1. The van der Waals surface area contributed by atoms with Crippen LogP contribution in [-0.4, -0.2) is 7.11 Å². The molecule has 2 heterocycles. The van der Waals surface area contributed by atoms with Crippen molar-refractivity contribution in [1.29, 1.82) is 0 Å². The first-order valence-corrected chi connectivity index (χ1v) is 6.24. The van der Waals surface area contributed by atoms with Gasteiger partial charge in [-0.1, -0.05) is 18.2 Å². The number of hydrogen-bond donors (Lipinski definition) is 0. The van der Waals surface area contributed by atoms with Crippen LogP contribution in [0.25, 0.3) is 16.1 Å². The first-order chi connectivity index (χ1) is 8.40. The Morgan fingerprint density at radius 1 is 1.00 bits per heavy atom. The summed E-state index contributed by atoms with van der Waals surface area (Å²) < 4.78 is 7.65. The molecule has 0 aliphatic rings. The van der Waals surface area contributed by atoms with Gasteiger partial charge in [-0.3, -0.25) is 0 Å². The predicted octanol–water partition coefficient (Wildman–Crippen LogP) is 3.16. The third-order valence-corrected chi connectivity index (χ3v) is 3.77. The van der Waals surface area contributed by atoms with Crippen LogP contribution in [0.4, 0.5) is 0 Å². The monoisotopic (exact) mass is 242 g/mol. The fraction of sp³-hybridized carbons (Fsp3) is 0.0714. The van der Waals surface area contributed by atoms with Crippen molar-refractivity contribution < 1.29 is 9.14 Å². The van der Waals surface area contributed by atoms with Gasteiger partial charge in [0.1, 0.15) is 0 Å². The molecule has 0 spiro atoms. The van der Waals surface area contributed by atoms with Crippen molar-refractivity contribution >= 4 is 16.2 Å². The van der Waals surface area contributed by atoms with Gasteiger partial charge in [-0.2, -0.15) is 0 Å². The first-order valence-electron chi connectivity index (χ1n) is 5.43. The van der Waals surface area contributed by atoms with Crippen molar-refractivity contribution in [3.63, 3.8) is 0 Å². The fourth-order valence-electron chi connectivity index (χ4n) is 1.93. The number of fused-ring (bicyclic) bond motifs is 1. The zero-order valence-electron chi connectivity index (χ0n) is 9.46. The van der Waals surface area contributed by atoms with Crippen LogP contribution in [0.2, 0.25) is 0 Å². The number of aromatic nitrogens is 1. The summed E-state index contributed by atoms with van der Waals surface area (Å²) in [5.74, 6) is 0. The van der Waals surface area contributed by atoms with Gasteiger partial charge in [0.25, 0.3) is 15.6 Å². The minimum atomic E-state index is 0.947. The van der Waals surface area contributed by atoms with Crippen LogP contribution in [0.3, 0.4) is 0 Å². The van der Waals surface area contributed by atoms with Crippen LogP contribution in [0.5, 0.6) is 5.06 Å². The number of rotatable bonds is 2. The van der Waals surface area contributed by atoms with Crippen molar-refractivity contribution in [1.82, 2.24) is 0 Å². The van der Waals surface area contributed by atoms with Gasteiger partial charge in [-0.05, 0) is 29.5 Å². The number of pyridine rings is 1. The molecule has 3 aromatic rings. The average molecular weight is 242 g/mol. The summed E-state index contributed by atoms with van der Waals surface area (Å²) in [4.78, 5) is 1.18. The Morgan fingerprint density at radius 2 is 1.76 bits per heavy atom. The Balaban J connectivity index is 2.34. The van der Waals surface area contributed by atoms with E-state index in [1.165, 1.54) is 10.4 Å². The van der Waals surface area contributed by atoms with Gasteiger partial charge in [0.15, 0.2) is 6.20 Å². The number of methoxy groups -OCH3 is 1. The van der Waals surface area contributed by atoms with Gasteiger partial charge in [0.2, 0.25) is 0 Å². The largest absolute Gasteiger partial charge is 0.482 e. The van der Waals surface area contributed by atoms with E-state index in [1.807, 2.05) is 30.3 Å². The lowest BCUT2D eigenvalue weighted by Gasteiger charge is -1.96. The maximum atomic E-state index is 5.48. The molecule has 0 fully saturated rings. The van der Waals surface area contributed by atoms with Crippen LogP contribution in [0, 0.1) is 0 Å². The van der Waals surface area contributed by atoms with Crippen molar-refractivity contribution in [2.75, 3.05) is 7.11 Å². The van der Waals surface area contributed by atoms with E-state index in [4.69, 9.17) is 4.74 Å². The van der Waals surface area contributed by atoms with Gasteiger partial charge >= 0.3 is 0 Å². The third kappa shape index (κ3) is 1.68. The molecule has 0 aliphatic heterocycles. The van der Waals surface area contributed by atoms with Crippen LogP contribution in [0.15, 0.2) is 54.7 Å². The standard InChI is InChI=1S/C14H12NOS/c1-16-14-13(11-7-3-2-4-8-11)15-10-6-5-9-12(15)17-14/h2-10H,1H3/q+1. The third-order valence-electron chi connectivity index (χ3n) is 2.69. The molecule has 0 saturated heterocycles. The lowest BCUT2D eigenvalue weighted by atomic mass is 10.2. The maximum Gasteiger partial charge on any atom is 0.272 e. The molecule has 2 aromatic heterocycles. The summed E-state index contributed by atoms with van der Waals surface area (Å²) in [7, 11) is 1.72. The van der Waals surface area contributed by atoms with Crippen molar-refractivity contribution in [3.05, 3.63) is 54.7 Å². The maximum absolute atomic E-state index is 5.48. The molecular formula is C14H12NOS+. The van der Waals surface area contributed by atoms with Gasteiger partial charge in [0, 0.05) is 12.1 Å². The lowest BCUT2D eigenvalue weighted by molar-refractivity contribution is -0.495. The van der Waals surface area contributed by atoms with Crippen molar-refractivity contribution in [2.24, 2.45) is 0 Å². The van der Waals surface area contributed by atoms with Crippen LogP contribution >= 0.6 is 11.3 Å². The molecule has 0 amide bonds. The van der Waals surface area contributed by atoms with E-state index in [0.29, 0.717) is 0 Å². The minimum Gasteiger partial charge on any atom is -0.482 e. The van der Waals surface area contributed by atoms with Gasteiger partial charge in [-0.25, -0.2) is 0 Å². The zero-order valence-corrected chi connectivity index (χ0v) is 10.3. The number of ether oxygens (including phenoxy) is 1. The quantitative estimate of drug-likeness (QED) is 0.629. The summed E-state index contributed by atoms with van der Waals surface area (Å²) in [6.07, 6.45) is 2.07. The van der Waals surface area contributed by atoms with Crippen LogP contribution < -0.4 is 9.14 Å². The van der Waals surface area contributed by atoms with E-state index >= 15 is 0 Å². The van der Waals surface area contributed by atoms with Gasteiger partial charge in [-0.15, -0.1) is 4.40 Å². The zero-order chi connectivity index (χ0) is 11.7. The SMILES string of the molecule is COc1sc2cccc[n+]2c1-c1ccccc1. The normalized spacial score (nSPS) is 10.6. The Morgan fingerprint density at radius 3 is 2.53 bits per heavy atom. The highest BCUT2D eigenvalue weighted by Gasteiger charge is 2.22. The molecule has 0 atom stereocenters. The van der Waals surface area contributed by atoms with E-state index in [1.54, 1.807) is 18.4 Å². The van der Waals surface area contributed by atoms with Crippen LogP contribution in [-0.2, 0) is 0 Å². The molecule has 1 aromatic carbocycles. The summed E-state index contributed by atoms with van der Waals surface area (Å²) in [6.45, 7) is 0. The number of nitrogens with zero attached hydrogens (tertiary/aromatic N) is 1. The molecule has 84 valence electrons. The van der Waals surface area contributed by atoms with Crippen molar-refractivity contribution in [3.8, 4) is 16.3 Å². The second-order valence-corrected chi connectivity index (χ2v) is 4.71. The highest BCUT2D eigenvalue weighted by atomic mass is 32.1. The Kier molecular flexibility index (Phi) is 2.53. The van der Waals surface area contributed by atoms with Gasteiger partial charge in [0.05, 0.1) is 12.7 Å². The van der Waals surface area contributed by atoms with Gasteiger partial charge < -0.3 is 4.74 Å². The van der Waals surface area contributed by atoms with E-state index in [2.05, 4.69) is 28.8 Å². The van der Waals surface area contributed by atoms with Crippen LogP contribution in [0.1, 0.15) is 0 Å². The predicted molar refractivity (Wildman–Crippen MR) is 69.5 cm³/mol. The molecular weight excluding hydrogens is 230 g/mol. The highest BCUT2D eigenvalue weighted by Crippen LogP contribution is 2.33. The van der Waals surface area contributed by atoms with E-state index < -0.39 is 0 Å². The number of thiazole rings is 1. The molecule has 0 bridgehead atoms. The molecule has 0 aliphatic carbocycles. The summed E-state index contributed by atoms with van der Waals surface area (Å²) in [5, 5.41) is 0.947. The first kappa shape index (κ1) is 10.3. The molecule has 3 heteroatoms. The second kappa shape index (κ2) is 4.18. The summed E-state index contributed by atoms with van der Waals surface area (Å²) >= 11 is 1.66. The smallest absolute Gasteiger partial charge is 0.272 e. The second-order valence-electron chi connectivity index (χ2n) is 3.72.